The first-order valence-electron chi connectivity index (χ1n) is 12.2. The van der Waals surface area contributed by atoms with Crippen molar-refractivity contribution in [1.82, 2.24) is 5.32 Å². The first-order chi connectivity index (χ1) is 15.6. The number of ether oxygens (including phenoxy) is 1. The van der Waals surface area contributed by atoms with Gasteiger partial charge in [0, 0.05) is 6.04 Å². The van der Waals surface area contributed by atoms with Crippen LogP contribution in [0.4, 0.5) is 0 Å². The van der Waals surface area contributed by atoms with E-state index in [4.69, 9.17) is 4.74 Å². The summed E-state index contributed by atoms with van der Waals surface area (Å²) in [5, 5.41) is 13.0. The lowest BCUT2D eigenvalue weighted by atomic mass is 10.0. The smallest absolute Gasteiger partial charge is 0.323 e. The lowest BCUT2D eigenvalue weighted by Gasteiger charge is -2.23. The second kappa shape index (κ2) is 18.3. The maximum atomic E-state index is 12.3. The highest BCUT2D eigenvalue weighted by Gasteiger charge is 2.22. The number of unbranched alkanes of at least 4 members (excludes halogenated alkanes) is 3. The van der Waals surface area contributed by atoms with Crippen LogP contribution in [0.15, 0.2) is 60.7 Å². The van der Waals surface area contributed by atoms with E-state index in [0.29, 0.717) is 12.5 Å². The van der Waals surface area contributed by atoms with Gasteiger partial charge in [-0.2, -0.15) is 0 Å². The maximum absolute atomic E-state index is 12.3. The van der Waals surface area contributed by atoms with Gasteiger partial charge in [0.1, 0.15) is 11.8 Å². The number of rotatable bonds is 17. The Morgan fingerprint density at radius 1 is 0.969 bits per heavy atom. The number of carbonyl (C=O) groups is 1. The molecule has 0 saturated carbocycles. The highest BCUT2D eigenvalue weighted by atomic mass is 16.5. The van der Waals surface area contributed by atoms with Gasteiger partial charge in [0.05, 0.1) is 7.11 Å². The van der Waals surface area contributed by atoms with Crippen LogP contribution in [0.25, 0.3) is 0 Å². The molecule has 2 N–H and O–H groups in total. The molecule has 178 valence electrons. The molecule has 0 bridgehead atoms. The average molecular weight is 442 g/mol. The summed E-state index contributed by atoms with van der Waals surface area (Å²) >= 11 is 0. The third-order valence-electron chi connectivity index (χ3n) is 5.49. The highest BCUT2D eigenvalue weighted by Crippen LogP contribution is 2.14. The standard InChI is InChI=1S/C28H43NO3/c1-4-6-7-8-9-10-11-12-13-14-15-16-17-18-25(5-2)29-27(28(31)32-3)23-24-19-21-26(30)22-20-24/h6-7,9-10,12-13,19-22,25,27,29-30H,4-5,8,11,14-18,23H2,1-3H3/b7-6-,10-9-,13-12-/t25?,27-/m0/s1. The number of phenols is 1. The van der Waals surface area contributed by atoms with Crippen LogP contribution in [0, 0.1) is 0 Å². The van der Waals surface area contributed by atoms with Gasteiger partial charge in [-0.05, 0) is 69.1 Å². The predicted molar refractivity (Wildman–Crippen MR) is 135 cm³/mol. The van der Waals surface area contributed by atoms with Crippen LogP contribution in [0.3, 0.4) is 0 Å². The lowest BCUT2D eigenvalue weighted by Crippen LogP contribution is -2.45. The fourth-order valence-corrected chi connectivity index (χ4v) is 3.57. The molecule has 32 heavy (non-hydrogen) atoms. The maximum Gasteiger partial charge on any atom is 0.323 e. The van der Waals surface area contributed by atoms with E-state index < -0.39 is 0 Å². The van der Waals surface area contributed by atoms with E-state index in [1.54, 1.807) is 12.1 Å². The molecule has 0 radical (unpaired) electrons. The fraction of sp³-hybridized carbons (Fsp3) is 0.536. The van der Waals surface area contributed by atoms with E-state index in [0.717, 1.165) is 50.5 Å². The topological polar surface area (TPSA) is 58.6 Å². The van der Waals surface area contributed by atoms with E-state index >= 15 is 0 Å². The third kappa shape index (κ3) is 13.2. The van der Waals surface area contributed by atoms with Gasteiger partial charge < -0.3 is 15.2 Å². The molecule has 1 unspecified atom stereocenters. The number of aromatic hydroxyl groups is 1. The summed E-state index contributed by atoms with van der Waals surface area (Å²) in [4.78, 5) is 12.3. The van der Waals surface area contributed by atoms with E-state index in [-0.39, 0.29) is 17.8 Å². The summed E-state index contributed by atoms with van der Waals surface area (Å²) in [7, 11) is 1.43. The zero-order valence-corrected chi connectivity index (χ0v) is 20.3. The minimum atomic E-state index is -0.372. The van der Waals surface area contributed by atoms with Gasteiger partial charge in [0.15, 0.2) is 0 Å². The summed E-state index contributed by atoms with van der Waals surface area (Å²) < 4.78 is 5.01. The summed E-state index contributed by atoms with van der Waals surface area (Å²) in [6.45, 7) is 4.31. The van der Waals surface area contributed by atoms with Crippen LogP contribution in [0.1, 0.15) is 77.2 Å². The fourth-order valence-electron chi connectivity index (χ4n) is 3.57. The van der Waals surface area contributed by atoms with Crippen molar-refractivity contribution in [2.24, 2.45) is 0 Å². The highest BCUT2D eigenvalue weighted by molar-refractivity contribution is 5.76. The molecule has 1 aromatic carbocycles. The largest absolute Gasteiger partial charge is 0.508 e. The molecule has 0 aliphatic heterocycles. The molecule has 0 fully saturated rings. The van der Waals surface area contributed by atoms with Crippen molar-refractivity contribution >= 4 is 5.97 Å². The van der Waals surface area contributed by atoms with Crippen molar-refractivity contribution in [2.45, 2.75) is 90.1 Å². The van der Waals surface area contributed by atoms with Crippen molar-refractivity contribution < 1.29 is 14.6 Å². The SMILES string of the molecule is CC/C=C\C/C=C\C/C=C\CCCCCC(CC)N[C@@H](Cc1ccc(O)cc1)C(=O)OC. The van der Waals surface area contributed by atoms with Gasteiger partial charge in [-0.1, -0.05) is 75.3 Å². The Hall–Kier alpha value is -2.33. The van der Waals surface area contributed by atoms with E-state index in [1.807, 2.05) is 12.1 Å². The Morgan fingerprint density at radius 3 is 2.25 bits per heavy atom. The molecule has 0 heterocycles. The Balaban J connectivity index is 2.29. The molecule has 2 atom stereocenters. The molecule has 0 saturated heterocycles. The molecular formula is C28H43NO3. The number of hydrogen-bond acceptors (Lipinski definition) is 4. The second-order valence-corrected chi connectivity index (χ2v) is 8.15. The molecule has 4 heteroatoms. The molecule has 1 rings (SSSR count). The number of esters is 1. The van der Waals surface area contributed by atoms with Crippen LogP contribution >= 0.6 is 0 Å². The summed E-state index contributed by atoms with van der Waals surface area (Å²) in [5.74, 6) is -0.00833. The Kier molecular flexibility index (Phi) is 15.8. The molecule has 0 aliphatic rings. The third-order valence-corrected chi connectivity index (χ3v) is 5.49. The minimum Gasteiger partial charge on any atom is -0.508 e. The molecule has 0 spiro atoms. The van der Waals surface area contributed by atoms with Gasteiger partial charge >= 0.3 is 5.97 Å². The van der Waals surface area contributed by atoms with E-state index in [1.165, 1.54) is 20.0 Å². The number of phenolic OH excluding ortho intramolecular Hbond substituents is 1. The number of methoxy groups -OCH3 is 1. The first kappa shape index (κ1) is 27.7. The molecule has 0 aromatic heterocycles. The Bertz CT molecular complexity index is 691. The zero-order chi connectivity index (χ0) is 23.4. The van der Waals surface area contributed by atoms with Crippen LogP contribution < -0.4 is 5.32 Å². The van der Waals surface area contributed by atoms with Crippen LogP contribution in [-0.4, -0.2) is 30.3 Å². The van der Waals surface area contributed by atoms with Crippen LogP contribution in [-0.2, 0) is 16.0 Å². The van der Waals surface area contributed by atoms with Gasteiger partial charge in [0.2, 0.25) is 0 Å². The molecule has 1 aromatic rings. The molecule has 0 aliphatic carbocycles. The molecular weight excluding hydrogens is 398 g/mol. The lowest BCUT2D eigenvalue weighted by molar-refractivity contribution is -0.143. The van der Waals surface area contributed by atoms with Gasteiger partial charge in [0.25, 0.3) is 0 Å². The van der Waals surface area contributed by atoms with Crippen LogP contribution in [0.5, 0.6) is 5.75 Å². The second-order valence-electron chi connectivity index (χ2n) is 8.15. The minimum absolute atomic E-state index is 0.230. The number of allylic oxidation sites excluding steroid dienone is 6. The molecule has 0 amide bonds. The Labute approximate surface area is 195 Å². The quantitative estimate of drug-likeness (QED) is 0.161. The predicted octanol–water partition coefficient (Wildman–Crippen LogP) is 6.65. The van der Waals surface area contributed by atoms with Gasteiger partial charge in [-0.15, -0.1) is 0 Å². The van der Waals surface area contributed by atoms with Gasteiger partial charge in [-0.3, -0.25) is 4.79 Å². The number of benzene rings is 1. The van der Waals surface area contributed by atoms with Crippen molar-refractivity contribution in [3.05, 3.63) is 66.3 Å². The summed E-state index contributed by atoms with van der Waals surface area (Å²) in [6, 6.07) is 6.91. The summed E-state index contributed by atoms with van der Waals surface area (Å²) in [6.07, 6.45) is 23.8. The van der Waals surface area contributed by atoms with Gasteiger partial charge in [-0.25, -0.2) is 0 Å². The zero-order valence-electron chi connectivity index (χ0n) is 20.3. The van der Waals surface area contributed by atoms with Crippen molar-refractivity contribution in [1.29, 1.82) is 0 Å². The first-order valence-corrected chi connectivity index (χ1v) is 12.2. The Morgan fingerprint density at radius 2 is 1.62 bits per heavy atom. The normalized spacial score (nSPS) is 13.8. The average Bonchev–Trinajstić information content (AvgIpc) is 2.81. The van der Waals surface area contributed by atoms with Crippen LogP contribution in [0.2, 0.25) is 0 Å². The monoisotopic (exact) mass is 441 g/mol. The number of carbonyl (C=O) groups excluding carboxylic acids is 1. The molecule has 4 nitrogen and oxygen atoms in total. The number of nitrogens with one attached hydrogen (secondary N) is 1. The number of hydrogen-bond donors (Lipinski definition) is 2. The summed E-state index contributed by atoms with van der Waals surface area (Å²) in [5.41, 5.74) is 1.000. The van der Waals surface area contributed by atoms with Crippen molar-refractivity contribution in [2.75, 3.05) is 7.11 Å². The van der Waals surface area contributed by atoms with E-state index in [9.17, 15) is 9.90 Å². The van der Waals surface area contributed by atoms with Crippen molar-refractivity contribution in [3.63, 3.8) is 0 Å². The van der Waals surface area contributed by atoms with Crippen molar-refractivity contribution in [3.8, 4) is 5.75 Å². The van der Waals surface area contributed by atoms with E-state index in [2.05, 4.69) is 55.6 Å².